The van der Waals surface area contributed by atoms with Crippen LogP contribution in [0.5, 0.6) is 11.5 Å². The predicted octanol–water partition coefficient (Wildman–Crippen LogP) is 1.54. The summed E-state index contributed by atoms with van der Waals surface area (Å²) >= 11 is 0. The molecule has 2 aromatic rings. The molecule has 1 amide bonds. The zero-order valence-corrected chi connectivity index (χ0v) is 13.6. The van der Waals surface area contributed by atoms with E-state index in [0.29, 0.717) is 19.6 Å². The number of aryl methyl sites for hydroxylation is 2. The van der Waals surface area contributed by atoms with Gasteiger partial charge in [-0.3, -0.25) is 9.48 Å². The minimum absolute atomic E-state index is 0.0355. The van der Waals surface area contributed by atoms with Crippen LogP contribution in [0.4, 0.5) is 0 Å². The van der Waals surface area contributed by atoms with Crippen molar-refractivity contribution in [1.82, 2.24) is 15.1 Å². The quantitative estimate of drug-likeness (QED) is 0.929. The molecule has 3 rings (SSSR count). The molecule has 23 heavy (non-hydrogen) atoms. The number of nitrogens with one attached hydrogen (secondary N) is 1. The molecule has 0 aliphatic carbocycles. The van der Waals surface area contributed by atoms with Crippen LogP contribution in [0.3, 0.4) is 0 Å². The van der Waals surface area contributed by atoms with Crippen LogP contribution in [0.15, 0.2) is 24.3 Å². The molecular formula is C17H21N3O3. The Kier molecular flexibility index (Phi) is 4.23. The highest BCUT2D eigenvalue weighted by atomic mass is 16.6. The number of ether oxygens (including phenoxy) is 2. The first-order chi connectivity index (χ1) is 11.0. The topological polar surface area (TPSA) is 65.4 Å². The van der Waals surface area contributed by atoms with Crippen molar-refractivity contribution in [2.45, 2.75) is 26.4 Å². The standard InChI is InChI=1S/C17H21N3O3/c1-11-14(12(2)20(3)19-11)8-17(21)18-9-13-10-22-15-6-4-5-7-16(15)23-13/h4-7,13H,8-10H2,1-3H3,(H,18,21)/t13-/m1/s1. The van der Waals surface area contributed by atoms with Gasteiger partial charge in [-0.05, 0) is 26.0 Å². The zero-order chi connectivity index (χ0) is 16.4. The summed E-state index contributed by atoms with van der Waals surface area (Å²) in [5.41, 5.74) is 2.89. The summed E-state index contributed by atoms with van der Waals surface area (Å²) in [6, 6.07) is 7.55. The van der Waals surface area contributed by atoms with Gasteiger partial charge >= 0.3 is 0 Å². The normalized spacial score (nSPS) is 16.2. The fourth-order valence-corrected chi connectivity index (χ4v) is 2.69. The summed E-state index contributed by atoms with van der Waals surface area (Å²) in [5, 5.41) is 7.25. The Labute approximate surface area is 135 Å². The van der Waals surface area contributed by atoms with Gasteiger partial charge in [-0.1, -0.05) is 12.1 Å². The monoisotopic (exact) mass is 315 g/mol. The molecule has 1 aromatic heterocycles. The average molecular weight is 315 g/mol. The van der Waals surface area contributed by atoms with E-state index in [1.165, 1.54) is 0 Å². The van der Waals surface area contributed by atoms with Gasteiger partial charge in [-0.15, -0.1) is 0 Å². The Morgan fingerprint density at radius 3 is 2.78 bits per heavy atom. The van der Waals surface area contributed by atoms with Crippen LogP contribution in [0.25, 0.3) is 0 Å². The van der Waals surface area contributed by atoms with E-state index >= 15 is 0 Å². The van der Waals surface area contributed by atoms with Crippen molar-refractivity contribution in [3.8, 4) is 11.5 Å². The maximum absolute atomic E-state index is 12.2. The third-order valence-electron chi connectivity index (χ3n) is 4.09. The highest BCUT2D eigenvalue weighted by molar-refractivity contribution is 5.79. The highest BCUT2D eigenvalue weighted by Gasteiger charge is 2.21. The molecule has 0 bridgehead atoms. The van der Waals surface area contributed by atoms with Gasteiger partial charge in [0.05, 0.1) is 18.7 Å². The number of nitrogens with zero attached hydrogens (tertiary/aromatic N) is 2. The van der Waals surface area contributed by atoms with E-state index in [1.807, 2.05) is 45.2 Å². The molecule has 0 saturated carbocycles. The number of fused-ring (bicyclic) bond motifs is 1. The number of para-hydroxylation sites is 2. The molecule has 0 fully saturated rings. The summed E-state index contributed by atoms with van der Waals surface area (Å²) < 4.78 is 13.3. The fraction of sp³-hybridized carbons (Fsp3) is 0.412. The fourth-order valence-electron chi connectivity index (χ4n) is 2.69. The second-order valence-corrected chi connectivity index (χ2v) is 5.75. The Morgan fingerprint density at radius 1 is 1.35 bits per heavy atom. The van der Waals surface area contributed by atoms with E-state index in [0.717, 1.165) is 28.5 Å². The second kappa shape index (κ2) is 6.32. The van der Waals surface area contributed by atoms with Crippen LogP contribution < -0.4 is 14.8 Å². The van der Waals surface area contributed by atoms with Gasteiger partial charge < -0.3 is 14.8 Å². The Balaban J connectivity index is 1.54. The van der Waals surface area contributed by atoms with E-state index in [1.54, 1.807) is 4.68 Å². The van der Waals surface area contributed by atoms with Crippen molar-refractivity contribution in [3.63, 3.8) is 0 Å². The number of benzene rings is 1. The average Bonchev–Trinajstić information content (AvgIpc) is 2.79. The number of hydrogen-bond donors (Lipinski definition) is 1. The molecule has 6 nitrogen and oxygen atoms in total. The van der Waals surface area contributed by atoms with Crippen LogP contribution in [-0.2, 0) is 18.3 Å². The van der Waals surface area contributed by atoms with Gasteiger partial charge in [-0.2, -0.15) is 5.10 Å². The lowest BCUT2D eigenvalue weighted by atomic mass is 10.1. The van der Waals surface area contributed by atoms with Gasteiger partial charge in [0.1, 0.15) is 12.7 Å². The molecule has 2 heterocycles. The van der Waals surface area contributed by atoms with Gasteiger partial charge in [-0.25, -0.2) is 0 Å². The largest absolute Gasteiger partial charge is 0.486 e. The molecule has 122 valence electrons. The predicted molar refractivity (Wildman–Crippen MR) is 85.7 cm³/mol. The molecule has 0 unspecified atom stereocenters. The molecule has 6 heteroatoms. The number of carbonyl (C=O) groups is 1. The molecule has 1 aliphatic rings. The lowest BCUT2D eigenvalue weighted by molar-refractivity contribution is -0.120. The first-order valence-electron chi connectivity index (χ1n) is 7.69. The summed E-state index contributed by atoms with van der Waals surface area (Å²) in [4.78, 5) is 12.2. The molecule has 1 aromatic carbocycles. The molecule has 0 spiro atoms. The van der Waals surface area contributed by atoms with E-state index in [2.05, 4.69) is 10.4 Å². The first kappa shape index (κ1) is 15.4. The zero-order valence-electron chi connectivity index (χ0n) is 13.6. The molecule has 1 N–H and O–H groups in total. The van der Waals surface area contributed by atoms with Crippen LogP contribution in [0.2, 0.25) is 0 Å². The van der Waals surface area contributed by atoms with Crippen LogP contribution in [-0.4, -0.2) is 34.9 Å². The molecule has 1 aliphatic heterocycles. The van der Waals surface area contributed by atoms with Crippen molar-refractivity contribution < 1.29 is 14.3 Å². The van der Waals surface area contributed by atoms with Crippen molar-refractivity contribution in [2.24, 2.45) is 7.05 Å². The third-order valence-corrected chi connectivity index (χ3v) is 4.09. The number of hydrogen-bond acceptors (Lipinski definition) is 4. The summed E-state index contributed by atoms with van der Waals surface area (Å²) in [5.74, 6) is 1.43. The van der Waals surface area contributed by atoms with Gasteiger partial charge in [0.25, 0.3) is 0 Å². The second-order valence-electron chi connectivity index (χ2n) is 5.75. The van der Waals surface area contributed by atoms with Crippen LogP contribution in [0, 0.1) is 13.8 Å². The maximum atomic E-state index is 12.2. The van der Waals surface area contributed by atoms with Crippen molar-refractivity contribution in [1.29, 1.82) is 0 Å². The Hall–Kier alpha value is -2.50. The van der Waals surface area contributed by atoms with Crippen molar-refractivity contribution in [3.05, 3.63) is 41.2 Å². The van der Waals surface area contributed by atoms with Crippen LogP contribution in [0.1, 0.15) is 17.0 Å². The number of rotatable bonds is 4. The van der Waals surface area contributed by atoms with Gasteiger partial charge in [0.15, 0.2) is 11.5 Å². The highest BCUT2D eigenvalue weighted by Crippen LogP contribution is 2.30. The smallest absolute Gasteiger partial charge is 0.224 e. The minimum atomic E-state index is -0.176. The Bertz CT molecular complexity index is 724. The van der Waals surface area contributed by atoms with Gasteiger partial charge in [0, 0.05) is 18.3 Å². The maximum Gasteiger partial charge on any atom is 0.224 e. The number of aromatic nitrogens is 2. The van der Waals surface area contributed by atoms with E-state index < -0.39 is 0 Å². The van der Waals surface area contributed by atoms with Crippen molar-refractivity contribution in [2.75, 3.05) is 13.2 Å². The number of carbonyl (C=O) groups excluding carboxylic acids is 1. The SMILES string of the molecule is Cc1nn(C)c(C)c1CC(=O)NC[C@@H]1COc2ccccc2O1. The summed E-state index contributed by atoms with van der Waals surface area (Å²) in [7, 11) is 1.88. The molecule has 1 atom stereocenters. The molecule has 0 saturated heterocycles. The third kappa shape index (κ3) is 3.31. The summed E-state index contributed by atoms with van der Waals surface area (Å²) in [6.07, 6.45) is 0.153. The van der Waals surface area contributed by atoms with Gasteiger partial charge in [0.2, 0.25) is 5.91 Å². The summed E-state index contributed by atoms with van der Waals surface area (Å²) in [6.45, 7) is 4.75. The lowest BCUT2D eigenvalue weighted by Gasteiger charge is -2.26. The minimum Gasteiger partial charge on any atom is -0.486 e. The molecular weight excluding hydrogens is 294 g/mol. The van der Waals surface area contributed by atoms with Crippen LogP contribution >= 0.6 is 0 Å². The lowest BCUT2D eigenvalue weighted by Crippen LogP contribution is -2.41. The number of amides is 1. The van der Waals surface area contributed by atoms with E-state index in [-0.39, 0.29) is 12.0 Å². The van der Waals surface area contributed by atoms with E-state index in [4.69, 9.17) is 9.47 Å². The van der Waals surface area contributed by atoms with Crippen molar-refractivity contribution >= 4 is 5.91 Å². The Morgan fingerprint density at radius 2 is 2.09 bits per heavy atom. The first-order valence-corrected chi connectivity index (χ1v) is 7.69. The van der Waals surface area contributed by atoms with E-state index in [9.17, 15) is 4.79 Å². The molecule has 0 radical (unpaired) electrons.